The van der Waals surface area contributed by atoms with Gasteiger partial charge in [-0.3, -0.25) is 0 Å². The quantitative estimate of drug-likeness (QED) is 0.807. The zero-order valence-electron chi connectivity index (χ0n) is 10.8. The molecule has 2 aromatic rings. The zero-order chi connectivity index (χ0) is 14.7. The summed E-state index contributed by atoms with van der Waals surface area (Å²) >= 11 is 17.9. The van der Waals surface area contributed by atoms with Gasteiger partial charge in [0.1, 0.15) is 5.75 Å². The fourth-order valence-corrected chi connectivity index (χ4v) is 2.69. The van der Waals surface area contributed by atoms with E-state index in [9.17, 15) is 5.11 Å². The Morgan fingerprint density at radius 1 is 1.10 bits per heavy atom. The first-order valence-corrected chi connectivity index (χ1v) is 7.27. The van der Waals surface area contributed by atoms with Crippen molar-refractivity contribution in [1.29, 1.82) is 0 Å². The Labute approximate surface area is 133 Å². The van der Waals surface area contributed by atoms with E-state index >= 15 is 0 Å². The molecule has 2 aromatic carbocycles. The smallest absolute Gasteiger partial charge is 0.138 e. The average molecular weight is 331 g/mol. The summed E-state index contributed by atoms with van der Waals surface area (Å²) in [5.74, 6) is 0.107. The van der Waals surface area contributed by atoms with Crippen LogP contribution in [0.15, 0.2) is 36.4 Å². The highest BCUT2D eigenvalue weighted by molar-refractivity contribution is 6.35. The van der Waals surface area contributed by atoms with Crippen molar-refractivity contribution >= 4 is 34.8 Å². The van der Waals surface area contributed by atoms with E-state index in [1.54, 1.807) is 24.3 Å². The minimum absolute atomic E-state index is 0.0261. The summed E-state index contributed by atoms with van der Waals surface area (Å²) in [5, 5.41) is 14.7. The van der Waals surface area contributed by atoms with Crippen LogP contribution in [0.2, 0.25) is 15.1 Å². The van der Waals surface area contributed by atoms with E-state index in [4.69, 9.17) is 34.8 Å². The number of hydrogen-bond donors (Lipinski definition) is 2. The first kappa shape index (κ1) is 15.5. The third kappa shape index (κ3) is 3.58. The van der Waals surface area contributed by atoms with Gasteiger partial charge in [-0.05, 0) is 30.7 Å². The van der Waals surface area contributed by atoms with Gasteiger partial charge in [-0.1, -0.05) is 53.0 Å². The molecule has 0 aliphatic rings. The summed E-state index contributed by atoms with van der Waals surface area (Å²) in [6.45, 7) is 2.49. The largest absolute Gasteiger partial charge is 0.506 e. The van der Waals surface area contributed by atoms with Crippen molar-refractivity contribution < 1.29 is 5.11 Å². The lowest BCUT2D eigenvalue weighted by molar-refractivity contribution is 0.460. The minimum atomic E-state index is 0.0261. The monoisotopic (exact) mass is 329 g/mol. The highest BCUT2D eigenvalue weighted by Crippen LogP contribution is 2.29. The number of phenols is 1. The van der Waals surface area contributed by atoms with E-state index in [0.29, 0.717) is 21.6 Å². The standard InChI is InChI=1S/C15H14Cl3NO/c1-9(12-6-5-11(16)7-14(12)18)19-8-10-3-2-4-13(17)15(10)20/h2-7,9,19-20H,8H2,1H3. The molecule has 1 atom stereocenters. The van der Waals surface area contributed by atoms with Gasteiger partial charge >= 0.3 is 0 Å². The first-order valence-electron chi connectivity index (χ1n) is 6.13. The number of benzene rings is 2. The predicted molar refractivity (Wildman–Crippen MR) is 84.8 cm³/mol. The molecule has 0 fully saturated rings. The fourth-order valence-electron chi connectivity index (χ4n) is 1.93. The van der Waals surface area contributed by atoms with Crippen molar-refractivity contribution in [3.63, 3.8) is 0 Å². The Morgan fingerprint density at radius 2 is 1.85 bits per heavy atom. The molecule has 2 rings (SSSR count). The van der Waals surface area contributed by atoms with Crippen LogP contribution in [0.25, 0.3) is 0 Å². The van der Waals surface area contributed by atoms with E-state index in [1.807, 2.05) is 19.1 Å². The summed E-state index contributed by atoms with van der Waals surface area (Å²) in [6.07, 6.45) is 0. The first-order chi connectivity index (χ1) is 9.49. The number of aromatic hydroxyl groups is 1. The zero-order valence-corrected chi connectivity index (χ0v) is 13.1. The Bertz CT molecular complexity index is 616. The van der Waals surface area contributed by atoms with Crippen molar-refractivity contribution in [1.82, 2.24) is 5.32 Å². The van der Waals surface area contributed by atoms with Crippen molar-refractivity contribution in [3.8, 4) is 5.75 Å². The van der Waals surface area contributed by atoms with Gasteiger partial charge in [0, 0.05) is 28.2 Å². The number of rotatable bonds is 4. The SMILES string of the molecule is CC(NCc1cccc(Cl)c1O)c1ccc(Cl)cc1Cl. The molecule has 0 heterocycles. The maximum atomic E-state index is 9.86. The van der Waals surface area contributed by atoms with Crippen LogP contribution in [0, 0.1) is 0 Å². The molecule has 0 spiro atoms. The Hall–Kier alpha value is -0.930. The molecular weight excluding hydrogens is 317 g/mol. The number of para-hydroxylation sites is 1. The van der Waals surface area contributed by atoms with Crippen molar-refractivity contribution in [2.24, 2.45) is 0 Å². The van der Waals surface area contributed by atoms with Crippen LogP contribution in [0.3, 0.4) is 0 Å². The second-order valence-corrected chi connectivity index (χ2v) is 5.77. The molecule has 0 bridgehead atoms. The maximum absolute atomic E-state index is 9.86. The lowest BCUT2D eigenvalue weighted by Gasteiger charge is -2.16. The van der Waals surface area contributed by atoms with Crippen LogP contribution in [-0.4, -0.2) is 5.11 Å². The third-order valence-corrected chi connectivity index (χ3v) is 3.97. The number of halogens is 3. The maximum Gasteiger partial charge on any atom is 0.138 e. The van der Waals surface area contributed by atoms with Crippen LogP contribution in [0.4, 0.5) is 0 Å². The average Bonchev–Trinajstić information content (AvgIpc) is 2.40. The third-order valence-electron chi connectivity index (χ3n) is 3.10. The van der Waals surface area contributed by atoms with Crippen molar-refractivity contribution in [3.05, 3.63) is 62.6 Å². The van der Waals surface area contributed by atoms with E-state index in [-0.39, 0.29) is 11.8 Å². The predicted octanol–water partition coefficient (Wildman–Crippen LogP) is 5.20. The van der Waals surface area contributed by atoms with Crippen LogP contribution >= 0.6 is 34.8 Å². The lowest BCUT2D eigenvalue weighted by atomic mass is 10.1. The van der Waals surface area contributed by atoms with E-state index < -0.39 is 0 Å². The Balaban J connectivity index is 2.08. The highest BCUT2D eigenvalue weighted by atomic mass is 35.5. The second kappa shape index (κ2) is 6.68. The van der Waals surface area contributed by atoms with Crippen LogP contribution < -0.4 is 5.32 Å². The van der Waals surface area contributed by atoms with Gasteiger partial charge in [-0.15, -0.1) is 0 Å². The van der Waals surface area contributed by atoms with Gasteiger partial charge in [0.2, 0.25) is 0 Å². The molecule has 20 heavy (non-hydrogen) atoms. The van der Waals surface area contributed by atoms with Gasteiger partial charge < -0.3 is 10.4 Å². The van der Waals surface area contributed by atoms with Crippen LogP contribution in [0.5, 0.6) is 5.75 Å². The molecule has 1 unspecified atom stereocenters. The summed E-state index contributed by atoms with van der Waals surface area (Å²) in [7, 11) is 0. The van der Waals surface area contributed by atoms with Crippen LogP contribution in [0.1, 0.15) is 24.1 Å². The molecule has 2 N–H and O–H groups in total. The molecule has 0 saturated carbocycles. The van der Waals surface area contributed by atoms with E-state index in [1.165, 1.54) is 0 Å². The normalized spacial score (nSPS) is 12.4. The minimum Gasteiger partial charge on any atom is -0.506 e. The molecular formula is C15H14Cl3NO. The number of nitrogens with one attached hydrogen (secondary N) is 1. The molecule has 0 aromatic heterocycles. The second-order valence-electron chi connectivity index (χ2n) is 4.52. The molecule has 0 radical (unpaired) electrons. The van der Waals surface area contributed by atoms with Crippen molar-refractivity contribution in [2.75, 3.05) is 0 Å². The van der Waals surface area contributed by atoms with E-state index in [0.717, 1.165) is 11.1 Å². The highest BCUT2D eigenvalue weighted by Gasteiger charge is 2.11. The molecule has 0 saturated heterocycles. The summed E-state index contributed by atoms with van der Waals surface area (Å²) < 4.78 is 0. The van der Waals surface area contributed by atoms with Gasteiger partial charge in [0.25, 0.3) is 0 Å². The number of hydrogen-bond acceptors (Lipinski definition) is 2. The molecule has 0 amide bonds. The van der Waals surface area contributed by atoms with Crippen molar-refractivity contribution in [2.45, 2.75) is 19.5 Å². The van der Waals surface area contributed by atoms with Gasteiger partial charge in [-0.2, -0.15) is 0 Å². The summed E-state index contributed by atoms with van der Waals surface area (Å²) in [4.78, 5) is 0. The Morgan fingerprint density at radius 3 is 2.55 bits per heavy atom. The molecule has 0 aliphatic carbocycles. The molecule has 5 heteroatoms. The molecule has 0 aliphatic heterocycles. The topological polar surface area (TPSA) is 32.3 Å². The van der Waals surface area contributed by atoms with Gasteiger partial charge in [0.05, 0.1) is 5.02 Å². The summed E-state index contributed by atoms with van der Waals surface area (Å²) in [5.41, 5.74) is 1.70. The van der Waals surface area contributed by atoms with Crippen LogP contribution in [-0.2, 0) is 6.54 Å². The van der Waals surface area contributed by atoms with E-state index in [2.05, 4.69) is 5.32 Å². The fraction of sp³-hybridized carbons (Fsp3) is 0.200. The number of phenolic OH excluding ortho intramolecular Hbond substituents is 1. The lowest BCUT2D eigenvalue weighted by Crippen LogP contribution is -2.18. The van der Waals surface area contributed by atoms with Gasteiger partial charge in [-0.25, -0.2) is 0 Å². The Kier molecular flexibility index (Phi) is 5.17. The molecule has 106 valence electrons. The van der Waals surface area contributed by atoms with Gasteiger partial charge in [0.15, 0.2) is 0 Å². The summed E-state index contributed by atoms with van der Waals surface area (Å²) in [6, 6.07) is 10.7. The molecule has 2 nitrogen and oxygen atoms in total.